The zero-order valence-corrected chi connectivity index (χ0v) is 14.5. The number of carbonyl (C=O) groups excluding carboxylic acids is 1. The molecule has 0 atom stereocenters. The van der Waals surface area contributed by atoms with Crippen LogP contribution in [0.4, 0.5) is 10.2 Å². The number of nitrogens with one attached hydrogen (secondary N) is 1. The molecule has 2 aromatic carbocycles. The van der Waals surface area contributed by atoms with Crippen molar-refractivity contribution in [2.45, 2.75) is 13.5 Å². The van der Waals surface area contributed by atoms with Gasteiger partial charge in [-0.3, -0.25) is 4.79 Å². The Labute approximate surface area is 147 Å². The molecule has 0 aliphatic carbocycles. The molecule has 0 radical (unpaired) electrons. The second-order valence-corrected chi connectivity index (χ2v) is 6.23. The average Bonchev–Trinajstić information content (AvgIpc) is 2.99. The van der Waals surface area contributed by atoms with E-state index in [1.54, 1.807) is 29.9 Å². The average molecular weight is 388 g/mol. The molecule has 0 spiro atoms. The third-order valence-electron chi connectivity index (χ3n) is 3.68. The zero-order valence-electron chi connectivity index (χ0n) is 13.0. The lowest BCUT2D eigenvalue weighted by Gasteiger charge is -2.11. The topological polar surface area (TPSA) is 46.9 Å². The van der Waals surface area contributed by atoms with Crippen molar-refractivity contribution in [1.82, 2.24) is 9.78 Å². The first-order valence-corrected chi connectivity index (χ1v) is 8.16. The van der Waals surface area contributed by atoms with Crippen molar-refractivity contribution < 1.29 is 9.18 Å². The summed E-state index contributed by atoms with van der Waals surface area (Å²) < 4.78 is 16.1. The van der Waals surface area contributed by atoms with E-state index in [1.807, 2.05) is 24.3 Å². The van der Waals surface area contributed by atoms with Crippen LogP contribution >= 0.6 is 15.9 Å². The molecule has 0 fully saturated rings. The normalized spacial score (nSPS) is 10.6. The minimum absolute atomic E-state index is 0.309. The quantitative estimate of drug-likeness (QED) is 0.721. The van der Waals surface area contributed by atoms with Gasteiger partial charge in [0, 0.05) is 16.1 Å². The Morgan fingerprint density at radius 2 is 2.04 bits per heavy atom. The molecular formula is C18H15BrFN3O. The van der Waals surface area contributed by atoms with Gasteiger partial charge in [0.1, 0.15) is 11.6 Å². The Balaban J connectivity index is 1.82. The fourth-order valence-corrected chi connectivity index (χ4v) is 2.79. The van der Waals surface area contributed by atoms with Gasteiger partial charge in [-0.1, -0.05) is 40.2 Å². The molecule has 1 aromatic heterocycles. The summed E-state index contributed by atoms with van der Waals surface area (Å²) in [5.41, 5.74) is 2.06. The maximum absolute atomic E-state index is 13.4. The minimum Gasteiger partial charge on any atom is -0.307 e. The van der Waals surface area contributed by atoms with Gasteiger partial charge in [0.25, 0.3) is 5.91 Å². The highest BCUT2D eigenvalue weighted by molar-refractivity contribution is 9.10. The molecule has 24 heavy (non-hydrogen) atoms. The highest BCUT2D eigenvalue weighted by Gasteiger charge is 2.13. The van der Waals surface area contributed by atoms with E-state index < -0.39 is 5.82 Å². The van der Waals surface area contributed by atoms with Crippen molar-refractivity contribution in [3.8, 4) is 0 Å². The van der Waals surface area contributed by atoms with E-state index in [9.17, 15) is 9.18 Å². The number of carbonyl (C=O) groups is 1. The summed E-state index contributed by atoms with van der Waals surface area (Å²) in [4.78, 5) is 12.4. The van der Waals surface area contributed by atoms with Crippen LogP contribution in [0.15, 0.2) is 59.2 Å². The first-order chi connectivity index (χ1) is 11.5. The fourth-order valence-electron chi connectivity index (χ4n) is 2.38. The number of aromatic nitrogens is 2. The van der Waals surface area contributed by atoms with Crippen LogP contribution in [0.2, 0.25) is 0 Å². The Hall–Kier alpha value is -2.47. The summed E-state index contributed by atoms with van der Waals surface area (Å²) in [5.74, 6) is -0.243. The number of nitrogens with zero attached hydrogens (tertiary/aromatic N) is 2. The summed E-state index contributed by atoms with van der Waals surface area (Å²) >= 11 is 3.50. The molecule has 6 heteroatoms. The number of anilines is 1. The lowest BCUT2D eigenvalue weighted by Crippen LogP contribution is -2.17. The third kappa shape index (κ3) is 3.54. The van der Waals surface area contributed by atoms with Gasteiger partial charge in [-0.05, 0) is 36.2 Å². The number of aryl methyl sites for hydroxylation is 1. The molecule has 0 aliphatic rings. The molecule has 3 aromatic rings. The van der Waals surface area contributed by atoms with E-state index in [-0.39, 0.29) is 5.91 Å². The van der Waals surface area contributed by atoms with E-state index in [0.29, 0.717) is 23.5 Å². The van der Waals surface area contributed by atoms with Gasteiger partial charge in [-0.15, -0.1) is 0 Å². The number of amides is 1. The van der Waals surface area contributed by atoms with Crippen molar-refractivity contribution in [2.24, 2.45) is 0 Å². The second kappa shape index (κ2) is 6.97. The number of rotatable bonds is 4. The summed E-state index contributed by atoms with van der Waals surface area (Å²) in [6.45, 7) is 2.28. The summed E-state index contributed by atoms with van der Waals surface area (Å²) in [5, 5.41) is 7.04. The van der Waals surface area contributed by atoms with Crippen LogP contribution in [0, 0.1) is 12.7 Å². The van der Waals surface area contributed by atoms with Gasteiger partial charge in [-0.2, -0.15) is 5.10 Å². The van der Waals surface area contributed by atoms with Gasteiger partial charge >= 0.3 is 0 Å². The molecule has 1 amide bonds. The van der Waals surface area contributed by atoms with Gasteiger partial charge in [0.2, 0.25) is 0 Å². The summed E-state index contributed by atoms with van der Waals surface area (Å²) in [6.07, 6.45) is 1.62. The predicted octanol–water partition coefficient (Wildman–Crippen LogP) is 4.39. The van der Waals surface area contributed by atoms with Gasteiger partial charge in [-0.25, -0.2) is 9.07 Å². The predicted molar refractivity (Wildman–Crippen MR) is 94.6 cm³/mol. The highest BCUT2D eigenvalue weighted by Crippen LogP contribution is 2.19. The van der Waals surface area contributed by atoms with Crippen LogP contribution in [0.1, 0.15) is 21.5 Å². The third-order valence-corrected chi connectivity index (χ3v) is 4.45. The molecule has 1 heterocycles. The number of benzene rings is 2. The molecule has 1 N–H and O–H groups in total. The Morgan fingerprint density at radius 3 is 2.83 bits per heavy atom. The summed E-state index contributed by atoms with van der Waals surface area (Å²) in [7, 11) is 0. The van der Waals surface area contributed by atoms with E-state index in [4.69, 9.17) is 0 Å². The van der Waals surface area contributed by atoms with Crippen molar-refractivity contribution >= 4 is 27.7 Å². The van der Waals surface area contributed by atoms with Crippen molar-refractivity contribution in [2.75, 3.05) is 5.32 Å². The highest BCUT2D eigenvalue weighted by atomic mass is 79.9. The van der Waals surface area contributed by atoms with Gasteiger partial charge in [0.15, 0.2) is 0 Å². The largest absolute Gasteiger partial charge is 0.307 e. The van der Waals surface area contributed by atoms with Crippen LogP contribution < -0.4 is 5.32 Å². The molecule has 0 aliphatic heterocycles. The SMILES string of the molecule is Cc1ccc(F)cc1C(=O)Nc1ccnn1Cc1ccccc1Br. The number of halogens is 2. The van der Waals surface area contributed by atoms with Gasteiger partial charge < -0.3 is 5.32 Å². The van der Waals surface area contributed by atoms with E-state index in [2.05, 4.69) is 26.3 Å². The van der Waals surface area contributed by atoms with E-state index >= 15 is 0 Å². The first kappa shape index (κ1) is 16.4. The first-order valence-electron chi connectivity index (χ1n) is 7.37. The van der Waals surface area contributed by atoms with Crippen LogP contribution in [0.25, 0.3) is 0 Å². The molecule has 3 rings (SSSR count). The molecule has 4 nitrogen and oxygen atoms in total. The lowest BCUT2D eigenvalue weighted by atomic mass is 10.1. The lowest BCUT2D eigenvalue weighted by molar-refractivity contribution is 0.102. The molecular weight excluding hydrogens is 373 g/mol. The van der Waals surface area contributed by atoms with Crippen molar-refractivity contribution in [3.63, 3.8) is 0 Å². The minimum atomic E-state index is -0.438. The number of hydrogen-bond acceptors (Lipinski definition) is 2. The molecule has 0 saturated carbocycles. The monoisotopic (exact) mass is 387 g/mol. The molecule has 0 saturated heterocycles. The second-order valence-electron chi connectivity index (χ2n) is 5.38. The van der Waals surface area contributed by atoms with Crippen molar-refractivity contribution in [1.29, 1.82) is 0 Å². The standard InChI is InChI=1S/C18H15BrFN3O/c1-12-6-7-14(20)10-15(12)18(24)22-17-8-9-21-23(17)11-13-4-2-3-5-16(13)19/h2-10H,11H2,1H3,(H,22,24). The van der Waals surface area contributed by atoms with E-state index in [0.717, 1.165) is 10.0 Å². The van der Waals surface area contributed by atoms with Gasteiger partial charge in [0.05, 0.1) is 12.7 Å². The van der Waals surface area contributed by atoms with Crippen LogP contribution in [0.5, 0.6) is 0 Å². The summed E-state index contributed by atoms with van der Waals surface area (Å²) in [6, 6.07) is 13.7. The Kier molecular flexibility index (Phi) is 4.76. The molecule has 122 valence electrons. The van der Waals surface area contributed by atoms with Crippen LogP contribution in [-0.2, 0) is 6.54 Å². The molecule has 0 bridgehead atoms. The van der Waals surface area contributed by atoms with E-state index in [1.165, 1.54) is 12.1 Å². The zero-order chi connectivity index (χ0) is 17.1. The van der Waals surface area contributed by atoms with Crippen LogP contribution in [-0.4, -0.2) is 15.7 Å². The maximum atomic E-state index is 13.4. The maximum Gasteiger partial charge on any atom is 0.257 e. The fraction of sp³-hybridized carbons (Fsp3) is 0.111. The smallest absolute Gasteiger partial charge is 0.257 e. The molecule has 0 unspecified atom stereocenters. The number of hydrogen-bond donors (Lipinski definition) is 1. The Bertz CT molecular complexity index is 891. The van der Waals surface area contributed by atoms with Crippen LogP contribution in [0.3, 0.4) is 0 Å². The Morgan fingerprint density at radius 1 is 1.25 bits per heavy atom. The van der Waals surface area contributed by atoms with Crippen molar-refractivity contribution in [3.05, 3.63) is 81.7 Å².